The summed E-state index contributed by atoms with van der Waals surface area (Å²) in [5.41, 5.74) is 0.329. The Morgan fingerprint density at radius 3 is 2.54 bits per heavy atom. The van der Waals surface area contributed by atoms with Crippen molar-refractivity contribution in [2.24, 2.45) is 0 Å². The van der Waals surface area contributed by atoms with Crippen LogP contribution in [0.3, 0.4) is 0 Å². The number of nitrogens with zero attached hydrogens (tertiary/aromatic N) is 1. The molecule has 0 aliphatic heterocycles. The van der Waals surface area contributed by atoms with Crippen LogP contribution in [-0.2, 0) is 14.3 Å². The minimum atomic E-state index is -0.791. The molecule has 9 heteroatoms. The van der Waals surface area contributed by atoms with E-state index in [0.717, 1.165) is 11.0 Å². The first kappa shape index (κ1) is 21.2. The summed E-state index contributed by atoms with van der Waals surface area (Å²) in [5.74, 6) is -1.71. The summed E-state index contributed by atoms with van der Waals surface area (Å²) in [6, 6.07) is 7.86. The molecular formula is C19H19ClN2O6. The van der Waals surface area contributed by atoms with Gasteiger partial charge in [0.15, 0.2) is 6.61 Å². The number of likely N-dealkylation sites (N-methyl/N-ethyl adjacent to an activating group) is 1. The van der Waals surface area contributed by atoms with Gasteiger partial charge in [-0.15, -0.1) is 0 Å². The third-order valence-corrected chi connectivity index (χ3v) is 4.15. The Bertz CT molecular complexity index is 943. The number of benzene rings is 1. The van der Waals surface area contributed by atoms with Crippen LogP contribution in [0.2, 0.25) is 5.02 Å². The van der Waals surface area contributed by atoms with E-state index in [-0.39, 0.29) is 17.9 Å². The fourth-order valence-corrected chi connectivity index (χ4v) is 2.61. The van der Waals surface area contributed by atoms with Crippen LogP contribution >= 0.6 is 11.6 Å². The molecule has 0 saturated carbocycles. The van der Waals surface area contributed by atoms with Gasteiger partial charge in [-0.2, -0.15) is 0 Å². The van der Waals surface area contributed by atoms with Crippen molar-refractivity contribution in [2.75, 3.05) is 25.5 Å². The summed E-state index contributed by atoms with van der Waals surface area (Å²) in [4.78, 5) is 48.7. The number of para-hydroxylation sites is 1. The van der Waals surface area contributed by atoms with Crippen molar-refractivity contribution in [3.63, 3.8) is 0 Å². The lowest BCUT2D eigenvalue weighted by atomic mass is 10.1. The van der Waals surface area contributed by atoms with Crippen LogP contribution in [0.4, 0.5) is 5.69 Å². The number of carbonyl (C=O) groups excluding carboxylic acids is 3. The van der Waals surface area contributed by atoms with Crippen molar-refractivity contribution < 1.29 is 23.5 Å². The molecular weight excluding hydrogens is 388 g/mol. The van der Waals surface area contributed by atoms with Crippen LogP contribution in [0.1, 0.15) is 21.7 Å². The maximum atomic E-state index is 12.2. The Kier molecular flexibility index (Phi) is 6.94. The Morgan fingerprint density at radius 1 is 1.21 bits per heavy atom. The molecule has 0 atom stereocenters. The molecule has 0 saturated heterocycles. The summed E-state index contributed by atoms with van der Waals surface area (Å²) in [7, 11) is 1.40. The van der Waals surface area contributed by atoms with Gasteiger partial charge in [0.2, 0.25) is 5.91 Å². The highest BCUT2D eigenvalue weighted by atomic mass is 35.5. The van der Waals surface area contributed by atoms with E-state index in [2.05, 4.69) is 5.32 Å². The van der Waals surface area contributed by atoms with Gasteiger partial charge in [-0.25, -0.2) is 9.59 Å². The molecule has 28 heavy (non-hydrogen) atoms. The SMILES string of the molecule is Cc1cc(=O)oc(C)c1C(=O)OCC(=O)N(C)CC(=O)Nc1ccccc1Cl. The van der Waals surface area contributed by atoms with Gasteiger partial charge in [-0.05, 0) is 31.5 Å². The summed E-state index contributed by atoms with van der Waals surface area (Å²) < 4.78 is 9.85. The Labute approximate surface area is 166 Å². The lowest BCUT2D eigenvalue weighted by Gasteiger charge is -2.17. The third kappa shape index (κ3) is 5.43. The molecule has 1 heterocycles. The first-order valence-electron chi connectivity index (χ1n) is 8.26. The number of esters is 1. The monoisotopic (exact) mass is 406 g/mol. The van der Waals surface area contributed by atoms with E-state index in [9.17, 15) is 19.2 Å². The lowest BCUT2D eigenvalue weighted by Crippen LogP contribution is -2.37. The second kappa shape index (κ2) is 9.18. The first-order valence-corrected chi connectivity index (χ1v) is 8.63. The highest BCUT2D eigenvalue weighted by Crippen LogP contribution is 2.20. The number of hydrogen-bond acceptors (Lipinski definition) is 6. The normalized spacial score (nSPS) is 10.3. The van der Waals surface area contributed by atoms with E-state index < -0.39 is 30.0 Å². The summed E-state index contributed by atoms with van der Waals surface area (Å²) in [5, 5.41) is 2.97. The van der Waals surface area contributed by atoms with E-state index in [0.29, 0.717) is 16.3 Å². The van der Waals surface area contributed by atoms with Crippen molar-refractivity contribution in [3.8, 4) is 0 Å². The molecule has 8 nitrogen and oxygen atoms in total. The molecule has 1 aromatic carbocycles. The first-order chi connectivity index (χ1) is 13.2. The topological polar surface area (TPSA) is 106 Å². The van der Waals surface area contributed by atoms with Gasteiger partial charge in [-0.3, -0.25) is 9.59 Å². The van der Waals surface area contributed by atoms with Gasteiger partial charge in [0.25, 0.3) is 5.91 Å². The number of hydrogen-bond donors (Lipinski definition) is 1. The molecule has 148 valence electrons. The molecule has 2 amide bonds. The number of nitrogens with one attached hydrogen (secondary N) is 1. The molecule has 0 radical (unpaired) electrons. The summed E-state index contributed by atoms with van der Waals surface area (Å²) in [6.45, 7) is 2.21. The van der Waals surface area contributed by atoms with E-state index in [4.69, 9.17) is 20.8 Å². The number of carbonyl (C=O) groups is 3. The second-order valence-electron chi connectivity index (χ2n) is 6.03. The van der Waals surface area contributed by atoms with Gasteiger partial charge >= 0.3 is 11.6 Å². The van der Waals surface area contributed by atoms with Gasteiger partial charge in [-0.1, -0.05) is 23.7 Å². The van der Waals surface area contributed by atoms with Crippen LogP contribution < -0.4 is 10.9 Å². The fraction of sp³-hybridized carbons (Fsp3) is 0.263. The zero-order valence-corrected chi connectivity index (χ0v) is 16.3. The lowest BCUT2D eigenvalue weighted by molar-refractivity contribution is -0.136. The fourth-order valence-electron chi connectivity index (χ4n) is 2.43. The van der Waals surface area contributed by atoms with Crippen molar-refractivity contribution in [2.45, 2.75) is 13.8 Å². The van der Waals surface area contributed by atoms with E-state index in [1.54, 1.807) is 31.2 Å². The standard InChI is InChI=1S/C19H19ClN2O6/c1-11-8-17(25)28-12(2)18(11)19(26)27-10-16(24)22(3)9-15(23)21-14-7-5-4-6-13(14)20/h4-8H,9-10H2,1-3H3,(H,21,23). The maximum Gasteiger partial charge on any atom is 0.342 e. The largest absolute Gasteiger partial charge is 0.452 e. The van der Waals surface area contributed by atoms with Gasteiger partial charge in [0.05, 0.1) is 17.3 Å². The van der Waals surface area contributed by atoms with Crippen LogP contribution in [0, 0.1) is 13.8 Å². The summed E-state index contributed by atoms with van der Waals surface area (Å²) in [6.07, 6.45) is 0. The molecule has 2 aromatic rings. The Balaban J connectivity index is 1.90. The van der Waals surface area contributed by atoms with Gasteiger partial charge in [0.1, 0.15) is 11.3 Å². The predicted octanol–water partition coefficient (Wildman–Crippen LogP) is 2.16. The van der Waals surface area contributed by atoms with Crippen LogP contribution in [0.25, 0.3) is 0 Å². The quantitative estimate of drug-likeness (QED) is 0.737. The molecule has 0 fully saturated rings. The zero-order chi connectivity index (χ0) is 20.8. The molecule has 1 aromatic heterocycles. The minimum absolute atomic E-state index is 0.0894. The average molecular weight is 407 g/mol. The number of rotatable bonds is 6. The smallest absolute Gasteiger partial charge is 0.342 e. The minimum Gasteiger partial charge on any atom is -0.452 e. The molecule has 1 N–H and O–H groups in total. The number of halogens is 1. The molecule has 0 aliphatic rings. The van der Waals surface area contributed by atoms with Crippen molar-refractivity contribution in [1.29, 1.82) is 0 Å². The van der Waals surface area contributed by atoms with Crippen LogP contribution in [0.5, 0.6) is 0 Å². The predicted molar refractivity (Wildman–Crippen MR) is 102 cm³/mol. The van der Waals surface area contributed by atoms with Crippen LogP contribution in [0.15, 0.2) is 39.5 Å². The van der Waals surface area contributed by atoms with Crippen molar-refractivity contribution in [3.05, 3.63) is 62.7 Å². The zero-order valence-electron chi connectivity index (χ0n) is 15.6. The van der Waals surface area contributed by atoms with E-state index in [1.165, 1.54) is 14.0 Å². The number of ether oxygens (including phenoxy) is 1. The number of anilines is 1. The Hall–Kier alpha value is -3.13. The molecule has 0 spiro atoms. The Morgan fingerprint density at radius 2 is 1.89 bits per heavy atom. The van der Waals surface area contributed by atoms with Gasteiger partial charge in [0, 0.05) is 13.1 Å². The third-order valence-electron chi connectivity index (χ3n) is 3.82. The van der Waals surface area contributed by atoms with Gasteiger partial charge < -0.3 is 19.4 Å². The molecule has 0 bridgehead atoms. The second-order valence-corrected chi connectivity index (χ2v) is 6.44. The van der Waals surface area contributed by atoms with Crippen molar-refractivity contribution >= 4 is 35.1 Å². The highest BCUT2D eigenvalue weighted by molar-refractivity contribution is 6.33. The number of aryl methyl sites for hydroxylation is 2. The summed E-state index contributed by atoms with van der Waals surface area (Å²) >= 11 is 5.97. The van der Waals surface area contributed by atoms with Crippen LogP contribution in [-0.4, -0.2) is 42.9 Å². The number of amides is 2. The van der Waals surface area contributed by atoms with E-state index >= 15 is 0 Å². The maximum absolute atomic E-state index is 12.2. The molecule has 2 rings (SSSR count). The molecule has 0 aliphatic carbocycles. The van der Waals surface area contributed by atoms with E-state index in [1.807, 2.05) is 0 Å². The average Bonchev–Trinajstić information content (AvgIpc) is 2.60. The molecule has 0 unspecified atom stereocenters. The highest BCUT2D eigenvalue weighted by Gasteiger charge is 2.20. The van der Waals surface area contributed by atoms with Crippen molar-refractivity contribution in [1.82, 2.24) is 4.90 Å².